The Morgan fingerprint density at radius 1 is 0.282 bits per heavy atom. The van der Waals surface area contributed by atoms with Gasteiger partial charge in [-0.15, -0.1) is 0 Å². The van der Waals surface area contributed by atoms with Gasteiger partial charge in [-0.1, -0.05) is 187 Å². The molecule has 13 aromatic carbocycles. The monoisotopic (exact) mass is 1090 g/mol. The molecule has 4 nitrogen and oxygen atoms in total. The van der Waals surface area contributed by atoms with Crippen molar-refractivity contribution < 1.29 is 0 Å². The highest BCUT2D eigenvalue weighted by Gasteiger charge is 2.59. The van der Waals surface area contributed by atoms with Gasteiger partial charge in [-0.3, -0.25) is 0 Å². The number of rotatable bonds is 8. The van der Waals surface area contributed by atoms with Gasteiger partial charge in [0.05, 0.1) is 22.1 Å². The van der Waals surface area contributed by atoms with Gasteiger partial charge in [0, 0.05) is 72.5 Å². The molecular weight excluding hydrogens is 1030 g/mol. The molecule has 0 fully saturated rings. The van der Waals surface area contributed by atoms with Crippen molar-refractivity contribution in [1.82, 2.24) is 9.13 Å². The van der Waals surface area contributed by atoms with Crippen molar-refractivity contribution in [2.75, 3.05) is 9.80 Å². The van der Waals surface area contributed by atoms with E-state index in [2.05, 4.69) is 340 Å². The predicted octanol–water partition coefficient (Wildman–Crippen LogP) is 22.6. The van der Waals surface area contributed by atoms with Crippen LogP contribution in [-0.2, 0) is 5.41 Å². The Kier molecular flexibility index (Phi) is 11.3. The van der Waals surface area contributed by atoms with Crippen LogP contribution in [0, 0.1) is 10.8 Å². The predicted molar refractivity (Wildman–Crippen MR) is 362 cm³/mol. The normalized spacial score (nSPS) is 13.2. The smallest absolute Gasteiger partial charge is 0.0542 e. The van der Waals surface area contributed by atoms with E-state index in [9.17, 15) is 0 Å². The van der Waals surface area contributed by atoms with E-state index in [0.29, 0.717) is 0 Å². The van der Waals surface area contributed by atoms with E-state index in [1.165, 1.54) is 98.2 Å². The van der Waals surface area contributed by atoms with Gasteiger partial charge in [-0.2, -0.15) is 0 Å². The molecule has 0 saturated heterocycles. The van der Waals surface area contributed by atoms with Crippen LogP contribution in [0.2, 0.25) is 0 Å². The fourth-order valence-electron chi connectivity index (χ4n) is 15.7. The van der Waals surface area contributed by atoms with Crippen LogP contribution in [0.3, 0.4) is 0 Å². The Bertz CT molecular complexity index is 5120. The molecule has 1 aliphatic rings. The molecule has 0 atom stereocenters. The molecule has 0 amide bonds. The van der Waals surface area contributed by atoms with Crippen LogP contribution < -0.4 is 9.80 Å². The van der Waals surface area contributed by atoms with Gasteiger partial charge in [0.15, 0.2) is 0 Å². The number of fused-ring (bicyclic) bond motifs is 15. The topological polar surface area (TPSA) is 16.3 Å². The molecule has 15 aromatic rings. The molecule has 4 heteroatoms. The molecule has 408 valence electrons. The van der Waals surface area contributed by atoms with E-state index in [-0.39, 0.29) is 10.8 Å². The summed E-state index contributed by atoms with van der Waals surface area (Å²) in [6, 6.07) is 104. The number of para-hydroxylation sites is 6. The average Bonchev–Trinajstić information content (AvgIpc) is 1.55. The van der Waals surface area contributed by atoms with E-state index in [1.807, 2.05) is 0 Å². The van der Waals surface area contributed by atoms with E-state index in [4.69, 9.17) is 0 Å². The quantitative estimate of drug-likeness (QED) is 0.141. The molecule has 16 rings (SSSR count). The Morgan fingerprint density at radius 2 is 0.682 bits per heavy atom. The maximum absolute atomic E-state index is 2.58. The summed E-state index contributed by atoms with van der Waals surface area (Å²) >= 11 is 0. The first-order valence-corrected chi connectivity index (χ1v) is 29.9. The standard InChI is InChI=1S/C81H64N4/c1-79(2,3)81(80(4,5)6)72-49-54-47-59(82(55-25-11-7-12-26-55)61-42-45-75-69(51-61)64-34-21-23-37-73(64)84(75)57-29-15-9-16-30-57)40-39-53(54)48-71(72)77-66-36-20-19-33-63(66)68-50-60(41-44-67(68)78(77)81)83(56-27-13-8-14-28-56)62-43-46-76-70(52-62)65-35-22-24-38-74(65)85(76)58-31-17-10-18-32-58/h7-52H,1-6H3. The molecule has 2 aromatic heterocycles. The minimum atomic E-state index is -0.424. The molecule has 0 N–H and O–H groups in total. The van der Waals surface area contributed by atoms with Gasteiger partial charge in [-0.05, 0) is 199 Å². The fourth-order valence-corrected chi connectivity index (χ4v) is 15.7. The SMILES string of the molecule is CC(C)(C)C1(C(C)(C)C)c2cc3cc(N(c4ccccc4)c4ccc5c(c4)c4ccccc4n5-c4ccccc4)ccc3cc2-c2c1c1ccc(N(c3ccccc3)c3ccc4c(c3)c3ccccc3n4-c3ccccc3)cc1c1ccccc21. The molecule has 85 heavy (non-hydrogen) atoms. The van der Waals surface area contributed by atoms with Gasteiger partial charge in [-0.25, -0.2) is 0 Å². The second-order valence-corrected chi connectivity index (χ2v) is 25.3. The van der Waals surface area contributed by atoms with E-state index in [1.54, 1.807) is 0 Å². The van der Waals surface area contributed by atoms with Crippen LogP contribution in [0.25, 0.3) is 98.4 Å². The second kappa shape index (κ2) is 18.9. The minimum Gasteiger partial charge on any atom is -0.310 e. The first-order chi connectivity index (χ1) is 41.5. The minimum absolute atomic E-state index is 0.223. The summed E-state index contributed by atoms with van der Waals surface area (Å²) in [7, 11) is 0. The first-order valence-electron chi connectivity index (χ1n) is 29.9. The van der Waals surface area contributed by atoms with Crippen LogP contribution in [0.4, 0.5) is 34.1 Å². The maximum atomic E-state index is 2.58. The second-order valence-electron chi connectivity index (χ2n) is 25.3. The molecule has 0 unspecified atom stereocenters. The summed E-state index contributed by atoms with van der Waals surface area (Å²) in [5.41, 5.74) is 18.4. The van der Waals surface area contributed by atoms with Crippen molar-refractivity contribution in [3.8, 4) is 22.5 Å². The Labute approximate surface area is 496 Å². The van der Waals surface area contributed by atoms with Crippen molar-refractivity contribution >= 4 is 110 Å². The van der Waals surface area contributed by atoms with Gasteiger partial charge < -0.3 is 18.9 Å². The van der Waals surface area contributed by atoms with Crippen LogP contribution >= 0.6 is 0 Å². The zero-order chi connectivity index (χ0) is 57.3. The number of benzene rings is 13. The first kappa shape index (κ1) is 50.6. The molecular formula is C81H64N4. The van der Waals surface area contributed by atoms with Crippen LogP contribution in [-0.4, -0.2) is 9.13 Å². The lowest BCUT2D eigenvalue weighted by molar-refractivity contribution is 0.0965. The van der Waals surface area contributed by atoms with Gasteiger partial charge in [0.25, 0.3) is 0 Å². The lowest BCUT2D eigenvalue weighted by atomic mass is 9.49. The number of aromatic nitrogens is 2. The molecule has 1 aliphatic carbocycles. The molecule has 0 bridgehead atoms. The number of nitrogens with zero attached hydrogens (tertiary/aromatic N) is 4. The summed E-state index contributed by atoms with van der Waals surface area (Å²) in [4.78, 5) is 4.89. The molecule has 0 spiro atoms. The third-order valence-electron chi connectivity index (χ3n) is 18.7. The van der Waals surface area contributed by atoms with Crippen LogP contribution in [0.15, 0.2) is 279 Å². The van der Waals surface area contributed by atoms with Crippen molar-refractivity contribution in [3.05, 3.63) is 290 Å². The van der Waals surface area contributed by atoms with Gasteiger partial charge in [0.2, 0.25) is 0 Å². The Morgan fingerprint density at radius 3 is 1.19 bits per heavy atom. The van der Waals surface area contributed by atoms with Gasteiger partial charge in [0.1, 0.15) is 0 Å². The van der Waals surface area contributed by atoms with Crippen LogP contribution in [0.5, 0.6) is 0 Å². The Balaban J connectivity index is 0.892. The summed E-state index contributed by atoms with van der Waals surface area (Å²) in [6.07, 6.45) is 0. The van der Waals surface area contributed by atoms with E-state index in [0.717, 1.165) is 45.5 Å². The highest BCUT2D eigenvalue weighted by atomic mass is 15.1. The van der Waals surface area contributed by atoms with Crippen molar-refractivity contribution in [1.29, 1.82) is 0 Å². The molecule has 0 radical (unpaired) electrons. The summed E-state index contributed by atoms with van der Waals surface area (Å²) in [6.45, 7) is 14.9. The summed E-state index contributed by atoms with van der Waals surface area (Å²) in [5, 5.41) is 12.5. The van der Waals surface area contributed by atoms with Crippen molar-refractivity contribution in [2.24, 2.45) is 10.8 Å². The fraction of sp³-hybridized carbons (Fsp3) is 0.111. The third-order valence-corrected chi connectivity index (χ3v) is 18.7. The highest BCUT2D eigenvalue weighted by Crippen LogP contribution is 2.68. The summed E-state index contributed by atoms with van der Waals surface area (Å²) < 4.78 is 4.79. The van der Waals surface area contributed by atoms with Crippen molar-refractivity contribution in [3.63, 3.8) is 0 Å². The largest absolute Gasteiger partial charge is 0.310 e. The van der Waals surface area contributed by atoms with Gasteiger partial charge >= 0.3 is 0 Å². The molecule has 0 saturated carbocycles. The highest BCUT2D eigenvalue weighted by molar-refractivity contribution is 6.20. The maximum Gasteiger partial charge on any atom is 0.0542 e. The molecule has 0 aliphatic heterocycles. The van der Waals surface area contributed by atoms with E-state index < -0.39 is 5.41 Å². The Hall–Kier alpha value is -10.2. The van der Waals surface area contributed by atoms with E-state index >= 15 is 0 Å². The zero-order valence-electron chi connectivity index (χ0n) is 48.8. The lowest BCUT2D eigenvalue weighted by Crippen LogP contribution is -2.50. The lowest BCUT2D eigenvalue weighted by Gasteiger charge is -2.53. The van der Waals surface area contributed by atoms with Crippen LogP contribution in [0.1, 0.15) is 52.7 Å². The number of hydrogen-bond acceptors (Lipinski definition) is 2. The summed E-state index contributed by atoms with van der Waals surface area (Å²) in [5.74, 6) is 0. The zero-order valence-corrected chi connectivity index (χ0v) is 48.8. The number of hydrogen-bond donors (Lipinski definition) is 0. The molecule has 2 heterocycles. The third kappa shape index (κ3) is 7.54. The van der Waals surface area contributed by atoms with Crippen molar-refractivity contribution in [2.45, 2.75) is 47.0 Å². The number of anilines is 6. The average molecular weight is 1090 g/mol.